The summed E-state index contributed by atoms with van der Waals surface area (Å²) in [6.45, 7) is 1.83. The molecule has 0 saturated heterocycles. The van der Waals surface area contributed by atoms with Gasteiger partial charge in [0.25, 0.3) is 0 Å². The molecule has 1 aromatic carbocycles. The van der Waals surface area contributed by atoms with Crippen molar-refractivity contribution in [2.75, 3.05) is 0 Å². The lowest BCUT2D eigenvalue weighted by molar-refractivity contribution is -0.139. The van der Waals surface area contributed by atoms with Gasteiger partial charge in [-0.2, -0.15) is 4.72 Å². The Hall–Kier alpha value is -1.84. The molecule has 0 saturated carbocycles. The van der Waals surface area contributed by atoms with Crippen molar-refractivity contribution in [3.63, 3.8) is 0 Å². The highest BCUT2D eigenvalue weighted by atomic mass is 32.2. The molecule has 0 aliphatic carbocycles. The van der Waals surface area contributed by atoms with Gasteiger partial charge in [0.1, 0.15) is 6.04 Å². The fourth-order valence-electron chi connectivity index (χ4n) is 1.43. The van der Waals surface area contributed by atoms with Crippen LogP contribution in [-0.4, -0.2) is 25.5 Å². The van der Waals surface area contributed by atoms with Gasteiger partial charge in [0.2, 0.25) is 10.0 Å². The minimum absolute atomic E-state index is 0.0325. The third kappa shape index (κ3) is 4.39. The maximum Gasteiger partial charge on any atom is 0.321 e. The van der Waals surface area contributed by atoms with Gasteiger partial charge in [-0.15, -0.1) is 12.3 Å². The number of rotatable bonds is 6. The van der Waals surface area contributed by atoms with Gasteiger partial charge in [0.05, 0.1) is 4.90 Å². The second kappa shape index (κ2) is 6.36. The van der Waals surface area contributed by atoms with E-state index in [9.17, 15) is 13.2 Å². The Morgan fingerprint density at radius 3 is 2.47 bits per heavy atom. The van der Waals surface area contributed by atoms with Crippen LogP contribution >= 0.6 is 0 Å². The molecule has 0 radical (unpaired) electrons. The summed E-state index contributed by atoms with van der Waals surface area (Å²) in [6, 6.07) is 4.93. The Bertz CT molecular complexity index is 584. The number of benzene rings is 1. The second-order valence-electron chi connectivity index (χ2n) is 4.07. The molecule has 1 rings (SSSR count). The summed E-state index contributed by atoms with van der Waals surface area (Å²) in [5.41, 5.74) is 0.918. The zero-order chi connectivity index (χ0) is 14.5. The van der Waals surface area contributed by atoms with Crippen LogP contribution in [0.5, 0.6) is 0 Å². The van der Waals surface area contributed by atoms with Crippen molar-refractivity contribution >= 4 is 16.0 Å². The summed E-state index contributed by atoms with van der Waals surface area (Å²) in [6.07, 6.45) is 5.29. The molecule has 0 heterocycles. The summed E-state index contributed by atoms with van der Waals surface area (Å²) in [7, 11) is -3.85. The first-order valence-corrected chi connectivity index (χ1v) is 7.10. The Balaban J connectivity index is 2.91. The largest absolute Gasteiger partial charge is 0.480 e. The molecule has 2 N–H and O–H groups in total. The topological polar surface area (TPSA) is 83.5 Å². The first-order valence-electron chi connectivity index (χ1n) is 5.62. The van der Waals surface area contributed by atoms with Crippen LogP contribution in [-0.2, 0) is 14.8 Å². The molecule has 0 aromatic heterocycles. The van der Waals surface area contributed by atoms with Crippen LogP contribution < -0.4 is 4.72 Å². The van der Waals surface area contributed by atoms with Crippen molar-refractivity contribution in [3.8, 4) is 12.3 Å². The first-order chi connectivity index (χ1) is 8.86. The number of aryl methyl sites for hydroxylation is 1. The number of aliphatic carboxylic acids is 1. The lowest BCUT2D eigenvalue weighted by atomic mass is 10.2. The molecule has 19 heavy (non-hydrogen) atoms. The zero-order valence-corrected chi connectivity index (χ0v) is 11.3. The summed E-state index contributed by atoms with van der Waals surface area (Å²) in [4.78, 5) is 11.0. The quantitative estimate of drug-likeness (QED) is 0.766. The number of carboxylic acids is 1. The van der Waals surface area contributed by atoms with E-state index in [-0.39, 0.29) is 17.7 Å². The number of nitrogens with one attached hydrogen (secondary N) is 1. The fourth-order valence-corrected chi connectivity index (χ4v) is 2.66. The molecule has 1 aromatic rings. The van der Waals surface area contributed by atoms with E-state index in [0.29, 0.717) is 0 Å². The van der Waals surface area contributed by atoms with Crippen molar-refractivity contribution < 1.29 is 18.3 Å². The van der Waals surface area contributed by atoms with Crippen molar-refractivity contribution in [1.82, 2.24) is 4.72 Å². The maximum absolute atomic E-state index is 12.0. The fraction of sp³-hybridized carbons (Fsp3) is 0.308. The molecular weight excluding hydrogens is 266 g/mol. The first kappa shape index (κ1) is 15.2. The van der Waals surface area contributed by atoms with Gasteiger partial charge in [0.15, 0.2) is 0 Å². The highest BCUT2D eigenvalue weighted by Crippen LogP contribution is 2.11. The van der Waals surface area contributed by atoms with E-state index in [0.717, 1.165) is 5.56 Å². The Morgan fingerprint density at radius 1 is 1.42 bits per heavy atom. The van der Waals surface area contributed by atoms with Gasteiger partial charge in [-0.25, -0.2) is 8.42 Å². The zero-order valence-electron chi connectivity index (χ0n) is 10.5. The molecule has 0 aliphatic rings. The van der Waals surface area contributed by atoms with E-state index < -0.39 is 22.0 Å². The molecule has 0 fully saturated rings. The van der Waals surface area contributed by atoms with E-state index in [4.69, 9.17) is 11.5 Å². The van der Waals surface area contributed by atoms with Crippen molar-refractivity contribution in [3.05, 3.63) is 29.8 Å². The molecule has 1 atom stereocenters. The van der Waals surface area contributed by atoms with E-state index in [1.807, 2.05) is 6.92 Å². The Morgan fingerprint density at radius 2 is 2.00 bits per heavy atom. The van der Waals surface area contributed by atoms with Crippen LogP contribution in [0.15, 0.2) is 29.2 Å². The molecule has 0 aliphatic heterocycles. The molecule has 0 spiro atoms. The van der Waals surface area contributed by atoms with E-state index >= 15 is 0 Å². The summed E-state index contributed by atoms with van der Waals surface area (Å²) >= 11 is 0. The summed E-state index contributed by atoms with van der Waals surface area (Å²) < 4.78 is 26.1. The van der Waals surface area contributed by atoms with Crippen molar-refractivity contribution in [1.29, 1.82) is 0 Å². The maximum atomic E-state index is 12.0. The van der Waals surface area contributed by atoms with Crippen LogP contribution in [0.25, 0.3) is 0 Å². The number of terminal acetylenes is 1. The van der Waals surface area contributed by atoms with Gasteiger partial charge in [-0.05, 0) is 25.5 Å². The minimum atomic E-state index is -3.85. The van der Waals surface area contributed by atoms with Gasteiger partial charge in [-0.3, -0.25) is 4.79 Å². The Labute approximate surface area is 112 Å². The summed E-state index contributed by atoms with van der Waals surface area (Å²) in [5.74, 6) is 1.04. The number of carbonyl (C=O) groups is 1. The molecule has 0 amide bonds. The van der Waals surface area contributed by atoms with Gasteiger partial charge >= 0.3 is 5.97 Å². The normalized spacial score (nSPS) is 12.6. The van der Waals surface area contributed by atoms with Crippen molar-refractivity contribution in [2.24, 2.45) is 0 Å². The highest BCUT2D eigenvalue weighted by molar-refractivity contribution is 7.89. The SMILES string of the molecule is C#CCC[C@@H](NS(=O)(=O)c1ccc(C)cc1)C(=O)O. The highest BCUT2D eigenvalue weighted by Gasteiger charge is 2.24. The minimum Gasteiger partial charge on any atom is -0.480 e. The van der Waals surface area contributed by atoms with E-state index in [1.54, 1.807) is 12.1 Å². The molecule has 6 heteroatoms. The second-order valence-corrected chi connectivity index (χ2v) is 5.78. The standard InChI is InChI=1S/C13H15NO4S/c1-3-4-5-12(13(15)16)14-19(17,18)11-8-6-10(2)7-9-11/h1,6-9,12,14H,4-5H2,2H3,(H,15,16)/t12-/m1/s1. The predicted octanol–water partition coefficient (Wildman–Crippen LogP) is 1.14. The number of hydrogen-bond donors (Lipinski definition) is 2. The van der Waals surface area contributed by atoms with Gasteiger partial charge in [-0.1, -0.05) is 17.7 Å². The van der Waals surface area contributed by atoms with Gasteiger partial charge in [0, 0.05) is 6.42 Å². The third-order valence-electron chi connectivity index (χ3n) is 2.50. The smallest absolute Gasteiger partial charge is 0.321 e. The van der Waals surface area contributed by atoms with Crippen LogP contribution in [0.2, 0.25) is 0 Å². The number of carboxylic acid groups (broad SMARTS) is 1. The lowest BCUT2D eigenvalue weighted by Gasteiger charge is -2.13. The molecule has 102 valence electrons. The van der Waals surface area contributed by atoms with Gasteiger partial charge < -0.3 is 5.11 Å². The Kier molecular flexibility index (Phi) is 5.10. The van der Waals surface area contributed by atoms with E-state index in [2.05, 4.69) is 10.6 Å². The average Bonchev–Trinajstić information content (AvgIpc) is 2.34. The predicted molar refractivity (Wildman–Crippen MR) is 71.0 cm³/mol. The van der Waals surface area contributed by atoms with Crippen LogP contribution in [0.4, 0.5) is 0 Å². The lowest BCUT2D eigenvalue weighted by Crippen LogP contribution is -2.40. The van der Waals surface area contributed by atoms with Crippen LogP contribution in [0, 0.1) is 19.3 Å². The van der Waals surface area contributed by atoms with E-state index in [1.165, 1.54) is 12.1 Å². The monoisotopic (exact) mass is 281 g/mol. The molecular formula is C13H15NO4S. The molecule has 0 bridgehead atoms. The van der Waals surface area contributed by atoms with Crippen LogP contribution in [0.1, 0.15) is 18.4 Å². The molecule has 0 unspecified atom stereocenters. The third-order valence-corrected chi connectivity index (χ3v) is 3.99. The van der Waals surface area contributed by atoms with Crippen LogP contribution in [0.3, 0.4) is 0 Å². The number of sulfonamides is 1. The average molecular weight is 281 g/mol. The molecule has 5 nitrogen and oxygen atoms in total. The summed E-state index contributed by atoms with van der Waals surface area (Å²) in [5, 5.41) is 8.96. The number of hydrogen-bond acceptors (Lipinski definition) is 3. The van der Waals surface area contributed by atoms with Crippen molar-refractivity contribution in [2.45, 2.75) is 30.7 Å².